The lowest BCUT2D eigenvalue weighted by molar-refractivity contribution is -0.161. The number of esters is 1. The molecular formula is C16H24O4. The Hall–Kier alpha value is -1.16. The molecule has 0 aromatic rings. The summed E-state index contributed by atoms with van der Waals surface area (Å²) in [6.07, 6.45) is 8.15. The Morgan fingerprint density at radius 2 is 2.05 bits per heavy atom. The lowest BCUT2D eigenvalue weighted by Gasteiger charge is -2.44. The minimum Gasteiger partial charge on any atom is -0.468 e. The van der Waals surface area contributed by atoms with E-state index in [1.54, 1.807) is 7.11 Å². The van der Waals surface area contributed by atoms with E-state index in [-0.39, 0.29) is 17.8 Å². The molecule has 0 bridgehead atoms. The molecule has 0 aliphatic heterocycles. The summed E-state index contributed by atoms with van der Waals surface area (Å²) in [4.78, 5) is 24.9. The fourth-order valence-electron chi connectivity index (χ4n) is 4.14. The first kappa shape index (κ1) is 15.2. The molecule has 0 N–H and O–H groups in total. The van der Waals surface area contributed by atoms with Gasteiger partial charge in [-0.15, -0.1) is 0 Å². The highest BCUT2D eigenvalue weighted by atomic mass is 16.5. The highest BCUT2D eigenvalue weighted by molar-refractivity contribution is 6.03. The van der Waals surface area contributed by atoms with Gasteiger partial charge in [0.2, 0.25) is 0 Å². The number of hydrogen-bond acceptors (Lipinski definition) is 4. The van der Waals surface area contributed by atoms with Gasteiger partial charge in [-0.3, -0.25) is 9.59 Å². The van der Waals surface area contributed by atoms with E-state index in [9.17, 15) is 9.59 Å². The van der Waals surface area contributed by atoms with Gasteiger partial charge >= 0.3 is 5.97 Å². The summed E-state index contributed by atoms with van der Waals surface area (Å²) in [6, 6.07) is 0. The maximum Gasteiger partial charge on any atom is 0.316 e. The molecule has 2 aliphatic rings. The molecule has 0 aromatic carbocycles. The highest BCUT2D eigenvalue weighted by Gasteiger charge is 2.58. The molecule has 0 heterocycles. The molecule has 2 aliphatic carbocycles. The summed E-state index contributed by atoms with van der Waals surface area (Å²) in [5.41, 5.74) is -0.529. The third-order valence-electron chi connectivity index (χ3n) is 5.03. The molecule has 112 valence electrons. The fourth-order valence-corrected chi connectivity index (χ4v) is 4.14. The number of methoxy groups -OCH3 is 2. The maximum absolute atomic E-state index is 13.0. The molecule has 0 amide bonds. The topological polar surface area (TPSA) is 52.6 Å². The van der Waals surface area contributed by atoms with E-state index in [4.69, 9.17) is 9.47 Å². The van der Waals surface area contributed by atoms with Gasteiger partial charge in [0.05, 0.1) is 18.6 Å². The molecule has 1 spiro atoms. The predicted octanol–water partition coefficient (Wildman–Crippen LogP) is 2.52. The van der Waals surface area contributed by atoms with Crippen LogP contribution in [0.1, 0.15) is 39.0 Å². The van der Waals surface area contributed by atoms with E-state index in [0.717, 1.165) is 25.7 Å². The van der Waals surface area contributed by atoms with Crippen LogP contribution in [-0.4, -0.2) is 32.1 Å². The van der Waals surface area contributed by atoms with E-state index in [1.807, 2.05) is 13.0 Å². The van der Waals surface area contributed by atoms with Crippen molar-refractivity contribution in [3.05, 3.63) is 12.2 Å². The summed E-state index contributed by atoms with van der Waals surface area (Å²) in [5.74, 6) is -0.802. The Morgan fingerprint density at radius 1 is 1.30 bits per heavy atom. The molecule has 2 saturated carbocycles. The Bertz CT molecular complexity index is 415. The summed E-state index contributed by atoms with van der Waals surface area (Å²) in [6.45, 7) is 1.97. The third-order valence-corrected chi connectivity index (χ3v) is 5.03. The van der Waals surface area contributed by atoms with E-state index < -0.39 is 17.3 Å². The first-order valence-electron chi connectivity index (χ1n) is 7.39. The lowest BCUT2D eigenvalue weighted by atomic mass is 9.59. The van der Waals surface area contributed by atoms with Crippen molar-refractivity contribution >= 4 is 11.8 Å². The van der Waals surface area contributed by atoms with Crippen LogP contribution in [0.3, 0.4) is 0 Å². The number of ketones is 1. The number of carbonyl (C=O) groups is 2. The molecule has 1 unspecified atom stereocenters. The van der Waals surface area contributed by atoms with Gasteiger partial charge in [0.1, 0.15) is 5.92 Å². The average Bonchev–Trinajstić information content (AvgIpc) is 2.88. The molecule has 4 atom stereocenters. The van der Waals surface area contributed by atoms with Gasteiger partial charge in [-0.2, -0.15) is 0 Å². The van der Waals surface area contributed by atoms with Gasteiger partial charge in [-0.05, 0) is 44.9 Å². The van der Waals surface area contributed by atoms with Crippen molar-refractivity contribution < 1.29 is 19.1 Å². The van der Waals surface area contributed by atoms with Crippen molar-refractivity contribution in [2.75, 3.05) is 14.2 Å². The predicted molar refractivity (Wildman–Crippen MR) is 75.1 cm³/mol. The summed E-state index contributed by atoms with van der Waals surface area (Å²) in [7, 11) is 3.02. The Labute approximate surface area is 120 Å². The van der Waals surface area contributed by atoms with Crippen LogP contribution in [-0.2, 0) is 19.1 Å². The molecule has 4 nitrogen and oxygen atoms in total. The van der Waals surface area contributed by atoms with E-state index in [2.05, 4.69) is 6.08 Å². The normalized spacial score (nSPS) is 37.8. The van der Waals surface area contributed by atoms with E-state index in [1.165, 1.54) is 7.11 Å². The molecule has 2 rings (SSSR count). The van der Waals surface area contributed by atoms with Crippen LogP contribution in [0.2, 0.25) is 0 Å². The lowest BCUT2D eigenvalue weighted by Crippen LogP contribution is -2.52. The molecule has 4 heteroatoms. The number of hydrogen-bond donors (Lipinski definition) is 0. The fraction of sp³-hybridized carbons (Fsp3) is 0.750. The van der Waals surface area contributed by atoms with E-state index in [0.29, 0.717) is 6.42 Å². The smallest absolute Gasteiger partial charge is 0.316 e. The standard InChI is InChI=1S/C16H24O4/c1-4-6-11-8-9-12(15(18)20-3)14(17)16(11)10-5-7-13(16)19-2/h4,6,11-13H,5,7-10H2,1-3H3/b6-4+/t11-,12?,13-,16-/m0/s1. The van der Waals surface area contributed by atoms with Crippen LogP contribution in [0.4, 0.5) is 0 Å². The van der Waals surface area contributed by atoms with Crippen LogP contribution in [0, 0.1) is 17.3 Å². The second-order valence-corrected chi connectivity index (χ2v) is 5.81. The quantitative estimate of drug-likeness (QED) is 0.453. The van der Waals surface area contributed by atoms with Crippen LogP contribution < -0.4 is 0 Å². The van der Waals surface area contributed by atoms with Crippen molar-refractivity contribution in [2.24, 2.45) is 17.3 Å². The Kier molecular flexibility index (Phi) is 4.63. The van der Waals surface area contributed by atoms with Crippen molar-refractivity contribution in [3.8, 4) is 0 Å². The van der Waals surface area contributed by atoms with Gasteiger partial charge in [0.25, 0.3) is 0 Å². The molecule has 20 heavy (non-hydrogen) atoms. The number of ether oxygens (including phenoxy) is 2. The summed E-state index contributed by atoms with van der Waals surface area (Å²) >= 11 is 0. The second-order valence-electron chi connectivity index (χ2n) is 5.81. The molecule has 0 aromatic heterocycles. The van der Waals surface area contributed by atoms with Gasteiger partial charge in [-0.25, -0.2) is 0 Å². The third kappa shape index (κ3) is 2.20. The average molecular weight is 280 g/mol. The van der Waals surface area contributed by atoms with Gasteiger partial charge in [0.15, 0.2) is 5.78 Å². The first-order valence-corrected chi connectivity index (χ1v) is 7.39. The molecule has 0 saturated heterocycles. The zero-order valence-corrected chi connectivity index (χ0v) is 12.6. The van der Waals surface area contributed by atoms with Crippen LogP contribution in [0.25, 0.3) is 0 Å². The van der Waals surface area contributed by atoms with Crippen molar-refractivity contribution in [2.45, 2.75) is 45.1 Å². The van der Waals surface area contributed by atoms with E-state index >= 15 is 0 Å². The Morgan fingerprint density at radius 3 is 2.65 bits per heavy atom. The number of carbonyl (C=O) groups excluding carboxylic acids is 2. The van der Waals surface area contributed by atoms with Crippen LogP contribution in [0.5, 0.6) is 0 Å². The molecule has 0 radical (unpaired) electrons. The maximum atomic E-state index is 13.0. The largest absolute Gasteiger partial charge is 0.468 e. The SMILES string of the molecule is C/C=C/[C@H]1CCC(C(=O)OC)C(=O)[C@@]12CCC[C@@H]2OC. The summed E-state index contributed by atoms with van der Waals surface area (Å²) in [5, 5.41) is 0. The zero-order chi connectivity index (χ0) is 14.8. The highest BCUT2D eigenvalue weighted by Crippen LogP contribution is 2.53. The number of Topliss-reactive ketones (excluding diaryl/α,β-unsaturated/α-hetero) is 1. The zero-order valence-electron chi connectivity index (χ0n) is 12.6. The van der Waals surface area contributed by atoms with Crippen molar-refractivity contribution in [3.63, 3.8) is 0 Å². The van der Waals surface area contributed by atoms with Gasteiger partial charge < -0.3 is 9.47 Å². The minimum absolute atomic E-state index is 0.0306. The molecular weight excluding hydrogens is 256 g/mol. The minimum atomic E-state index is -0.614. The molecule has 2 fully saturated rings. The summed E-state index contributed by atoms with van der Waals surface area (Å²) < 4.78 is 10.4. The van der Waals surface area contributed by atoms with Crippen molar-refractivity contribution in [1.29, 1.82) is 0 Å². The first-order chi connectivity index (χ1) is 9.61. The second kappa shape index (κ2) is 6.08. The van der Waals surface area contributed by atoms with Crippen LogP contribution in [0.15, 0.2) is 12.2 Å². The van der Waals surface area contributed by atoms with Gasteiger partial charge in [-0.1, -0.05) is 12.2 Å². The Balaban J connectivity index is 2.39. The number of allylic oxidation sites excluding steroid dienone is 2. The van der Waals surface area contributed by atoms with Crippen molar-refractivity contribution in [1.82, 2.24) is 0 Å². The van der Waals surface area contributed by atoms with Gasteiger partial charge in [0, 0.05) is 7.11 Å². The monoisotopic (exact) mass is 280 g/mol. The van der Waals surface area contributed by atoms with Crippen LogP contribution >= 0.6 is 0 Å². The number of rotatable bonds is 3.